The van der Waals surface area contributed by atoms with Crippen molar-refractivity contribution >= 4 is 17.6 Å². The van der Waals surface area contributed by atoms with Crippen LogP contribution in [0.15, 0.2) is 18.2 Å². The number of rotatable bonds is 2. The van der Waals surface area contributed by atoms with E-state index in [4.69, 9.17) is 11.6 Å². The third-order valence-electron chi connectivity index (χ3n) is 1.90. The van der Waals surface area contributed by atoms with Crippen molar-refractivity contribution in [1.29, 1.82) is 0 Å². The number of esters is 1. The van der Waals surface area contributed by atoms with Crippen molar-refractivity contribution < 1.29 is 9.53 Å². The number of carbonyl (C=O) groups excluding carboxylic acids is 1. The van der Waals surface area contributed by atoms with Crippen LogP contribution in [0.2, 0.25) is 5.02 Å². The molecule has 0 aliphatic carbocycles. The summed E-state index contributed by atoms with van der Waals surface area (Å²) in [5.41, 5.74) is 1.44. The highest BCUT2D eigenvalue weighted by molar-refractivity contribution is 6.31. The number of ether oxygens (including phenoxy) is 1. The maximum atomic E-state index is 11.3. The normalized spacial score (nSPS) is 10.4. The topological polar surface area (TPSA) is 26.3 Å². The van der Waals surface area contributed by atoms with Crippen LogP contribution in [0.5, 0.6) is 0 Å². The maximum Gasteiger partial charge on any atom is 0.337 e. The number of carbonyl (C=O) groups is 1. The summed E-state index contributed by atoms with van der Waals surface area (Å²) >= 11 is 5.87. The lowest BCUT2D eigenvalue weighted by molar-refractivity contribution is 0.0600. The monoisotopic (exact) mass is 211 g/mol. The van der Waals surface area contributed by atoms with Crippen LogP contribution in [0, 0.1) is 5.92 Å². The van der Waals surface area contributed by atoms with E-state index in [-0.39, 0.29) is 5.97 Å². The molecular formula is C11H12ClO2. The van der Waals surface area contributed by atoms with Crippen LogP contribution in [0.25, 0.3) is 0 Å². The van der Waals surface area contributed by atoms with Gasteiger partial charge in [-0.2, -0.15) is 0 Å². The summed E-state index contributed by atoms with van der Waals surface area (Å²) in [6.45, 7) is 3.93. The summed E-state index contributed by atoms with van der Waals surface area (Å²) in [6, 6.07) is 5.19. The van der Waals surface area contributed by atoms with Gasteiger partial charge in [-0.1, -0.05) is 25.4 Å². The molecule has 0 saturated heterocycles. The predicted octanol–water partition coefficient (Wildman–Crippen LogP) is 3.09. The zero-order valence-electron chi connectivity index (χ0n) is 8.43. The zero-order chi connectivity index (χ0) is 10.7. The molecule has 0 aromatic heterocycles. The van der Waals surface area contributed by atoms with Gasteiger partial charge in [-0.15, -0.1) is 0 Å². The molecule has 0 spiro atoms. The van der Waals surface area contributed by atoms with Crippen molar-refractivity contribution in [3.63, 3.8) is 0 Å². The average Bonchev–Trinajstić information content (AvgIpc) is 2.15. The Morgan fingerprint density at radius 1 is 1.21 bits per heavy atom. The smallest absolute Gasteiger partial charge is 0.337 e. The Kier molecular flexibility index (Phi) is 3.53. The SMILES string of the molecule is COC(=O)c1cc(Cl)cc([C](C)C)c1. The molecule has 0 unspecified atom stereocenters. The van der Waals surface area contributed by atoms with Gasteiger partial charge in [0, 0.05) is 5.02 Å². The molecule has 1 aromatic carbocycles. The third-order valence-corrected chi connectivity index (χ3v) is 2.11. The lowest BCUT2D eigenvalue weighted by Crippen LogP contribution is -2.02. The second-order valence-corrected chi connectivity index (χ2v) is 3.66. The molecule has 0 amide bonds. The molecule has 1 radical (unpaired) electrons. The first-order valence-electron chi connectivity index (χ1n) is 4.24. The Hall–Kier alpha value is -1.02. The molecule has 3 heteroatoms. The fraction of sp³-hybridized carbons (Fsp3) is 0.273. The van der Waals surface area contributed by atoms with Crippen LogP contribution in [-0.2, 0) is 4.74 Å². The van der Waals surface area contributed by atoms with Crippen molar-refractivity contribution in [3.8, 4) is 0 Å². The number of methoxy groups -OCH3 is 1. The summed E-state index contributed by atoms with van der Waals surface area (Å²) < 4.78 is 4.62. The van der Waals surface area contributed by atoms with E-state index in [0.29, 0.717) is 10.6 Å². The van der Waals surface area contributed by atoms with Gasteiger partial charge in [-0.3, -0.25) is 0 Å². The standard InChI is InChI=1S/C11H12ClO2/c1-7(2)8-4-9(11(13)14-3)6-10(12)5-8/h4-6H,1-3H3. The Balaban J connectivity index is 3.13. The molecule has 1 rings (SSSR count). The molecule has 75 valence electrons. The van der Waals surface area contributed by atoms with Crippen LogP contribution in [-0.4, -0.2) is 13.1 Å². The van der Waals surface area contributed by atoms with Gasteiger partial charge >= 0.3 is 5.97 Å². The Labute approximate surface area is 88.8 Å². The highest BCUT2D eigenvalue weighted by atomic mass is 35.5. The van der Waals surface area contributed by atoms with E-state index in [1.165, 1.54) is 7.11 Å². The Morgan fingerprint density at radius 3 is 2.29 bits per heavy atom. The minimum absolute atomic E-state index is 0.366. The molecule has 0 N–H and O–H groups in total. The predicted molar refractivity (Wildman–Crippen MR) is 56.5 cm³/mol. The number of hydrogen-bond donors (Lipinski definition) is 0. The number of benzene rings is 1. The van der Waals surface area contributed by atoms with E-state index < -0.39 is 0 Å². The van der Waals surface area contributed by atoms with Crippen molar-refractivity contribution in [3.05, 3.63) is 40.3 Å². The van der Waals surface area contributed by atoms with Gasteiger partial charge in [0.15, 0.2) is 0 Å². The van der Waals surface area contributed by atoms with Crippen LogP contribution < -0.4 is 0 Å². The van der Waals surface area contributed by atoms with Gasteiger partial charge in [0.05, 0.1) is 12.7 Å². The molecule has 0 saturated carbocycles. The minimum Gasteiger partial charge on any atom is -0.465 e. The second-order valence-electron chi connectivity index (χ2n) is 3.22. The molecule has 2 nitrogen and oxygen atoms in total. The highest BCUT2D eigenvalue weighted by Gasteiger charge is 2.09. The van der Waals surface area contributed by atoms with Crippen molar-refractivity contribution in [1.82, 2.24) is 0 Å². The summed E-state index contributed by atoms with van der Waals surface area (Å²) in [7, 11) is 1.35. The molecule has 0 heterocycles. The molecule has 1 aromatic rings. The lowest BCUT2D eigenvalue weighted by Gasteiger charge is -2.07. The average molecular weight is 212 g/mol. The summed E-state index contributed by atoms with van der Waals surface area (Å²) in [6.07, 6.45) is 0. The maximum absolute atomic E-state index is 11.3. The van der Waals surface area contributed by atoms with Crippen LogP contribution in [0.3, 0.4) is 0 Å². The van der Waals surface area contributed by atoms with E-state index in [9.17, 15) is 4.79 Å². The van der Waals surface area contributed by atoms with Gasteiger partial charge < -0.3 is 4.74 Å². The lowest BCUT2D eigenvalue weighted by atomic mass is 10.0. The molecule has 0 fully saturated rings. The fourth-order valence-corrected chi connectivity index (χ4v) is 1.35. The van der Waals surface area contributed by atoms with E-state index in [1.807, 2.05) is 19.9 Å². The third kappa shape index (κ3) is 2.48. The molecule has 0 aliphatic rings. The zero-order valence-corrected chi connectivity index (χ0v) is 9.18. The van der Waals surface area contributed by atoms with Crippen LogP contribution >= 0.6 is 11.6 Å². The molecule has 0 atom stereocenters. The molecular weight excluding hydrogens is 200 g/mol. The van der Waals surface area contributed by atoms with E-state index in [2.05, 4.69) is 4.74 Å². The van der Waals surface area contributed by atoms with Gasteiger partial charge in [-0.25, -0.2) is 4.79 Å². The Morgan fingerprint density at radius 2 is 1.79 bits per heavy atom. The van der Waals surface area contributed by atoms with Gasteiger partial charge in [-0.05, 0) is 29.7 Å². The first kappa shape index (κ1) is 11.1. The second kappa shape index (κ2) is 4.47. The van der Waals surface area contributed by atoms with E-state index in [0.717, 1.165) is 11.5 Å². The molecule has 0 bridgehead atoms. The first-order chi connectivity index (χ1) is 6.54. The molecule has 0 aliphatic heterocycles. The summed E-state index contributed by atoms with van der Waals surface area (Å²) in [5.74, 6) is 0.743. The van der Waals surface area contributed by atoms with Crippen LogP contribution in [0.4, 0.5) is 0 Å². The minimum atomic E-state index is -0.366. The molecule has 14 heavy (non-hydrogen) atoms. The van der Waals surface area contributed by atoms with Gasteiger partial charge in [0.2, 0.25) is 0 Å². The number of hydrogen-bond acceptors (Lipinski definition) is 2. The van der Waals surface area contributed by atoms with Gasteiger partial charge in [0.25, 0.3) is 0 Å². The Bertz CT molecular complexity index is 345. The summed E-state index contributed by atoms with van der Waals surface area (Å²) in [4.78, 5) is 11.3. The van der Waals surface area contributed by atoms with Crippen molar-refractivity contribution in [2.45, 2.75) is 13.8 Å². The van der Waals surface area contributed by atoms with E-state index >= 15 is 0 Å². The summed E-state index contributed by atoms with van der Waals surface area (Å²) in [5, 5.41) is 0.545. The number of halogens is 1. The van der Waals surface area contributed by atoms with E-state index in [1.54, 1.807) is 12.1 Å². The van der Waals surface area contributed by atoms with Gasteiger partial charge in [0.1, 0.15) is 0 Å². The van der Waals surface area contributed by atoms with Crippen LogP contribution in [0.1, 0.15) is 29.8 Å². The quantitative estimate of drug-likeness (QED) is 0.703. The fourth-order valence-electron chi connectivity index (χ4n) is 1.11. The largest absolute Gasteiger partial charge is 0.465 e. The van der Waals surface area contributed by atoms with Crippen molar-refractivity contribution in [2.75, 3.05) is 7.11 Å². The van der Waals surface area contributed by atoms with Crippen molar-refractivity contribution in [2.24, 2.45) is 0 Å². The first-order valence-corrected chi connectivity index (χ1v) is 4.62. The highest BCUT2D eigenvalue weighted by Crippen LogP contribution is 2.21.